The van der Waals surface area contributed by atoms with Gasteiger partial charge >= 0.3 is 0 Å². The molecule has 2 aromatic carbocycles. The summed E-state index contributed by atoms with van der Waals surface area (Å²) in [7, 11) is 4.19. The predicted molar refractivity (Wildman–Crippen MR) is 97.0 cm³/mol. The van der Waals surface area contributed by atoms with Crippen LogP contribution in [0.5, 0.6) is 0 Å². The highest BCUT2D eigenvalue weighted by Gasteiger charge is 2.15. The second-order valence-corrected chi connectivity index (χ2v) is 6.25. The molecule has 2 aromatic rings. The van der Waals surface area contributed by atoms with E-state index in [1.807, 2.05) is 18.2 Å². The fraction of sp³-hybridized carbons (Fsp3) is 0.238. The molecule has 23 heavy (non-hydrogen) atoms. The first-order valence-electron chi connectivity index (χ1n) is 8.02. The van der Waals surface area contributed by atoms with Crippen molar-refractivity contribution in [1.82, 2.24) is 4.90 Å². The third kappa shape index (κ3) is 3.44. The summed E-state index contributed by atoms with van der Waals surface area (Å²) in [6.45, 7) is 1.03. The third-order valence-electron chi connectivity index (χ3n) is 4.19. The van der Waals surface area contributed by atoms with Crippen LogP contribution in [0.1, 0.15) is 17.5 Å². The van der Waals surface area contributed by atoms with E-state index in [4.69, 9.17) is 0 Å². The van der Waals surface area contributed by atoms with E-state index in [-0.39, 0.29) is 6.61 Å². The van der Waals surface area contributed by atoms with Gasteiger partial charge in [0.15, 0.2) is 0 Å². The van der Waals surface area contributed by atoms with Gasteiger partial charge in [-0.15, -0.1) is 0 Å². The highest BCUT2D eigenvalue weighted by molar-refractivity contribution is 5.85. The average Bonchev–Trinajstić information content (AvgIpc) is 3.02. The number of allylic oxidation sites excluding steroid dienone is 2. The van der Waals surface area contributed by atoms with Crippen LogP contribution >= 0.6 is 0 Å². The van der Waals surface area contributed by atoms with E-state index in [0.717, 1.165) is 24.1 Å². The van der Waals surface area contributed by atoms with Gasteiger partial charge in [-0.05, 0) is 53.9 Å². The molecule has 0 aliphatic heterocycles. The van der Waals surface area contributed by atoms with Crippen molar-refractivity contribution in [2.24, 2.45) is 0 Å². The maximum atomic E-state index is 9.65. The zero-order valence-corrected chi connectivity index (χ0v) is 13.8. The predicted octanol–water partition coefficient (Wildman–Crippen LogP) is 4.12. The molecule has 2 nitrogen and oxygen atoms in total. The first-order valence-corrected chi connectivity index (χ1v) is 8.02. The third-order valence-corrected chi connectivity index (χ3v) is 4.19. The van der Waals surface area contributed by atoms with E-state index < -0.39 is 0 Å². The highest BCUT2D eigenvalue weighted by Crippen LogP contribution is 2.35. The molecule has 0 unspecified atom stereocenters. The minimum Gasteiger partial charge on any atom is -0.392 e. The SMILES string of the molecule is CN(C)CC1=CCC(c2ccccc2-c2ccccc2CO)=C1. The molecule has 0 fully saturated rings. The molecule has 0 amide bonds. The van der Waals surface area contributed by atoms with Gasteiger partial charge in [-0.2, -0.15) is 0 Å². The Bertz CT molecular complexity index is 756. The number of aliphatic hydroxyl groups is 1. The quantitative estimate of drug-likeness (QED) is 0.898. The molecule has 0 saturated heterocycles. The Balaban J connectivity index is 2.00. The maximum Gasteiger partial charge on any atom is 0.0687 e. The van der Waals surface area contributed by atoms with Crippen LogP contribution in [0.3, 0.4) is 0 Å². The monoisotopic (exact) mass is 305 g/mol. The summed E-state index contributed by atoms with van der Waals surface area (Å²) in [5, 5.41) is 9.65. The largest absolute Gasteiger partial charge is 0.392 e. The first kappa shape index (κ1) is 15.7. The van der Waals surface area contributed by atoms with Gasteiger partial charge in [-0.25, -0.2) is 0 Å². The molecular weight excluding hydrogens is 282 g/mol. The average molecular weight is 305 g/mol. The molecule has 0 bridgehead atoms. The summed E-state index contributed by atoms with van der Waals surface area (Å²) in [5.74, 6) is 0. The lowest BCUT2D eigenvalue weighted by molar-refractivity contribution is 0.282. The number of likely N-dealkylation sites (N-methyl/N-ethyl adjacent to an activating group) is 1. The van der Waals surface area contributed by atoms with Gasteiger partial charge < -0.3 is 10.0 Å². The van der Waals surface area contributed by atoms with Crippen molar-refractivity contribution in [3.05, 3.63) is 77.4 Å². The fourth-order valence-corrected chi connectivity index (χ4v) is 3.16. The van der Waals surface area contributed by atoms with Gasteiger partial charge in [0.25, 0.3) is 0 Å². The Labute approximate surface area is 138 Å². The molecule has 0 atom stereocenters. The molecule has 0 aromatic heterocycles. The van der Waals surface area contributed by atoms with Crippen molar-refractivity contribution in [1.29, 1.82) is 0 Å². The highest BCUT2D eigenvalue weighted by atomic mass is 16.3. The van der Waals surface area contributed by atoms with Crippen molar-refractivity contribution in [2.45, 2.75) is 13.0 Å². The molecule has 0 radical (unpaired) electrons. The molecule has 118 valence electrons. The lowest BCUT2D eigenvalue weighted by Crippen LogP contribution is -2.13. The van der Waals surface area contributed by atoms with Crippen molar-refractivity contribution in [3.63, 3.8) is 0 Å². The van der Waals surface area contributed by atoms with E-state index in [9.17, 15) is 5.11 Å². The second kappa shape index (κ2) is 6.95. The lowest BCUT2D eigenvalue weighted by Gasteiger charge is -2.14. The molecule has 2 heteroatoms. The van der Waals surface area contributed by atoms with Crippen LogP contribution in [0.2, 0.25) is 0 Å². The molecule has 3 rings (SSSR count). The molecule has 1 aliphatic carbocycles. The van der Waals surface area contributed by atoms with Gasteiger partial charge in [0, 0.05) is 6.54 Å². The summed E-state index contributed by atoms with van der Waals surface area (Å²) < 4.78 is 0. The number of nitrogens with zero attached hydrogens (tertiary/aromatic N) is 1. The van der Waals surface area contributed by atoms with Crippen molar-refractivity contribution < 1.29 is 5.11 Å². The van der Waals surface area contributed by atoms with Crippen LogP contribution in [0, 0.1) is 0 Å². The summed E-state index contributed by atoms with van der Waals surface area (Å²) >= 11 is 0. The molecule has 0 saturated carbocycles. The van der Waals surface area contributed by atoms with Crippen molar-refractivity contribution in [3.8, 4) is 11.1 Å². The Morgan fingerprint density at radius 1 is 0.913 bits per heavy atom. The van der Waals surface area contributed by atoms with E-state index in [1.54, 1.807) is 0 Å². The van der Waals surface area contributed by atoms with Crippen LogP contribution in [-0.2, 0) is 6.61 Å². The van der Waals surface area contributed by atoms with Gasteiger partial charge in [0.05, 0.1) is 6.61 Å². The number of aliphatic hydroxyl groups excluding tert-OH is 1. The Morgan fingerprint density at radius 3 is 2.26 bits per heavy atom. The first-order chi connectivity index (χ1) is 11.2. The second-order valence-electron chi connectivity index (χ2n) is 6.25. The van der Waals surface area contributed by atoms with E-state index in [2.05, 4.69) is 61.5 Å². The number of benzene rings is 2. The van der Waals surface area contributed by atoms with Crippen LogP contribution in [0.25, 0.3) is 16.7 Å². The van der Waals surface area contributed by atoms with Crippen LogP contribution < -0.4 is 0 Å². The summed E-state index contributed by atoms with van der Waals surface area (Å²) in [4.78, 5) is 2.19. The normalized spacial score (nSPS) is 14.1. The summed E-state index contributed by atoms with van der Waals surface area (Å²) in [6.07, 6.45) is 5.59. The fourth-order valence-electron chi connectivity index (χ4n) is 3.16. The number of hydrogen-bond acceptors (Lipinski definition) is 2. The molecule has 0 spiro atoms. The van der Waals surface area contributed by atoms with Gasteiger partial charge in [-0.1, -0.05) is 60.7 Å². The zero-order chi connectivity index (χ0) is 16.2. The topological polar surface area (TPSA) is 23.5 Å². The van der Waals surface area contributed by atoms with Crippen molar-refractivity contribution in [2.75, 3.05) is 20.6 Å². The van der Waals surface area contributed by atoms with Crippen molar-refractivity contribution >= 4 is 5.57 Å². The smallest absolute Gasteiger partial charge is 0.0687 e. The zero-order valence-electron chi connectivity index (χ0n) is 13.8. The Morgan fingerprint density at radius 2 is 1.57 bits per heavy atom. The van der Waals surface area contributed by atoms with Crippen LogP contribution in [0.15, 0.2) is 66.3 Å². The van der Waals surface area contributed by atoms with Crippen LogP contribution in [-0.4, -0.2) is 30.6 Å². The lowest BCUT2D eigenvalue weighted by atomic mass is 9.91. The van der Waals surface area contributed by atoms with E-state index in [1.165, 1.54) is 22.3 Å². The van der Waals surface area contributed by atoms with E-state index >= 15 is 0 Å². The number of hydrogen-bond donors (Lipinski definition) is 1. The van der Waals surface area contributed by atoms with Gasteiger partial charge in [0.2, 0.25) is 0 Å². The molecule has 0 heterocycles. The van der Waals surface area contributed by atoms with E-state index in [0.29, 0.717) is 0 Å². The van der Waals surface area contributed by atoms with Gasteiger partial charge in [-0.3, -0.25) is 0 Å². The minimum atomic E-state index is 0.0632. The number of rotatable bonds is 5. The molecular formula is C21H23NO. The summed E-state index contributed by atoms with van der Waals surface area (Å²) in [6, 6.07) is 16.6. The standard InChI is InChI=1S/C21H23NO/c1-22(2)14-16-11-12-17(13-16)19-8-5-6-10-21(19)20-9-4-3-7-18(20)15-23/h3-11,13,23H,12,14-15H2,1-2H3. The Hall–Kier alpha value is -2.16. The molecule has 1 N–H and O–H groups in total. The van der Waals surface area contributed by atoms with Crippen LogP contribution in [0.4, 0.5) is 0 Å². The maximum absolute atomic E-state index is 9.65. The summed E-state index contributed by atoms with van der Waals surface area (Å²) in [5.41, 5.74) is 7.27. The molecule has 1 aliphatic rings. The Kier molecular flexibility index (Phi) is 4.75. The van der Waals surface area contributed by atoms with Gasteiger partial charge in [0.1, 0.15) is 0 Å². The minimum absolute atomic E-state index is 0.0632.